The molecule has 0 unspecified atom stereocenters. The molecule has 0 spiro atoms. The highest BCUT2D eigenvalue weighted by Crippen LogP contribution is 2.37. The maximum atomic E-state index is 13.0. The molecular weight excluding hydrogens is 352 g/mol. The van der Waals surface area contributed by atoms with Crippen LogP contribution in [0.2, 0.25) is 0 Å². The van der Waals surface area contributed by atoms with E-state index in [0.29, 0.717) is 11.8 Å². The fourth-order valence-electron chi connectivity index (χ4n) is 4.93. The first kappa shape index (κ1) is 21.8. The van der Waals surface area contributed by atoms with E-state index in [2.05, 4.69) is 69.3 Å². The van der Waals surface area contributed by atoms with Crippen LogP contribution in [0.1, 0.15) is 105 Å². The normalized spacial score (nSPS) is 20.6. The SMILES string of the molecule is CCCC1CCC(c2ccc(C(=O)[C@@H](C)c3ccc(CC(C)C)cc3)cc2)CC1. The van der Waals surface area contributed by atoms with Crippen LogP contribution in [0.4, 0.5) is 0 Å². The van der Waals surface area contributed by atoms with E-state index < -0.39 is 0 Å². The summed E-state index contributed by atoms with van der Waals surface area (Å²) in [5.74, 6) is 2.39. The third-order valence-corrected chi connectivity index (χ3v) is 6.73. The number of carbonyl (C=O) groups is 1. The van der Waals surface area contributed by atoms with E-state index in [1.165, 1.54) is 49.7 Å². The average Bonchev–Trinajstić information content (AvgIpc) is 2.74. The minimum absolute atomic E-state index is 0.0987. The largest absolute Gasteiger partial charge is 0.294 e. The second-order valence-electron chi connectivity index (χ2n) is 9.55. The number of hydrogen-bond acceptors (Lipinski definition) is 1. The Balaban J connectivity index is 1.61. The number of ketones is 1. The fraction of sp³-hybridized carbons (Fsp3) is 0.536. The van der Waals surface area contributed by atoms with Crippen molar-refractivity contribution < 1.29 is 4.79 Å². The zero-order chi connectivity index (χ0) is 20.8. The van der Waals surface area contributed by atoms with Crippen LogP contribution < -0.4 is 0 Å². The predicted molar refractivity (Wildman–Crippen MR) is 124 cm³/mol. The minimum atomic E-state index is -0.0987. The Labute approximate surface area is 177 Å². The van der Waals surface area contributed by atoms with Crippen molar-refractivity contribution in [2.75, 3.05) is 0 Å². The highest BCUT2D eigenvalue weighted by molar-refractivity contribution is 6.00. The summed E-state index contributed by atoms with van der Waals surface area (Å²) in [6.45, 7) is 8.80. The first-order valence-corrected chi connectivity index (χ1v) is 11.7. The van der Waals surface area contributed by atoms with E-state index in [1.54, 1.807) is 0 Å². The molecule has 156 valence electrons. The van der Waals surface area contributed by atoms with Gasteiger partial charge in [0.1, 0.15) is 0 Å². The number of carbonyl (C=O) groups excluding carboxylic acids is 1. The maximum Gasteiger partial charge on any atom is 0.170 e. The Morgan fingerprint density at radius 1 is 0.897 bits per heavy atom. The van der Waals surface area contributed by atoms with Crippen molar-refractivity contribution in [2.45, 2.75) is 84.5 Å². The fourth-order valence-corrected chi connectivity index (χ4v) is 4.93. The quantitative estimate of drug-likeness (QED) is 0.418. The Hall–Kier alpha value is -1.89. The molecule has 1 nitrogen and oxygen atoms in total. The molecule has 0 amide bonds. The van der Waals surface area contributed by atoms with Crippen molar-refractivity contribution in [1.82, 2.24) is 0 Å². The monoisotopic (exact) mass is 390 g/mol. The van der Waals surface area contributed by atoms with E-state index >= 15 is 0 Å². The van der Waals surface area contributed by atoms with E-state index in [0.717, 1.165) is 23.5 Å². The predicted octanol–water partition coefficient (Wildman–Crippen LogP) is 7.95. The van der Waals surface area contributed by atoms with Gasteiger partial charge in [-0.15, -0.1) is 0 Å². The van der Waals surface area contributed by atoms with Crippen LogP contribution in [0.15, 0.2) is 48.5 Å². The van der Waals surface area contributed by atoms with Gasteiger partial charge in [0, 0.05) is 11.5 Å². The van der Waals surface area contributed by atoms with Gasteiger partial charge >= 0.3 is 0 Å². The highest BCUT2D eigenvalue weighted by Gasteiger charge is 2.22. The van der Waals surface area contributed by atoms with Gasteiger partial charge in [0.05, 0.1) is 0 Å². The lowest BCUT2D eigenvalue weighted by Gasteiger charge is -2.28. The van der Waals surface area contributed by atoms with E-state index in [4.69, 9.17) is 0 Å². The number of rotatable bonds is 8. The van der Waals surface area contributed by atoms with Gasteiger partial charge in [-0.2, -0.15) is 0 Å². The summed E-state index contributed by atoms with van der Waals surface area (Å²) < 4.78 is 0. The zero-order valence-corrected chi connectivity index (χ0v) is 18.8. The smallest absolute Gasteiger partial charge is 0.170 e. The molecule has 1 fully saturated rings. The lowest BCUT2D eigenvalue weighted by Crippen LogP contribution is -2.14. The lowest BCUT2D eigenvalue weighted by molar-refractivity contribution is 0.0966. The Bertz CT molecular complexity index is 761. The molecule has 29 heavy (non-hydrogen) atoms. The van der Waals surface area contributed by atoms with Crippen LogP contribution in [0, 0.1) is 11.8 Å². The molecule has 0 radical (unpaired) electrons. The van der Waals surface area contributed by atoms with Crippen LogP contribution in [-0.4, -0.2) is 5.78 Å². The first-order valence-electron chi connectivity index (χ1n) is 11.7. The van der Waals surface area contributed by atoms with Gasteiger partial charge in [0.2, 0.25) is 0 Å². The number of benzene rings is 2. The Morgan fingerprint density at radius 2 is 1.52 bits per heavy atom. The molecule has 0 saturated heterocycles. The van der Waals surface area contributed by atoms with Crippen molar-refractivity contribution in [3.05, 3.63) is 70.8 Å². The topological polar surface area (TPSA) is 17.1 Å². The van der Waals surface area contributed by atoms with Gasteiger partial charge in [0.25, 0.3) is 0 Å². The molecule has 2 aromatic rings. The van der Waals surface area contributed by atoms with Crippen molar-refractivity contribution in [3.63, 3.8) is 0 Å². The molecular formula is C28H38O. The average molecular weight is 391 g/mol. The van der Waals surface area contributed by atoms with Gasteiger partial charge in [-0.1, -0.05) is 89.1 Å². The molecule has 0 aliphatic heterocycles. The molecule has 3 rings (SSSR count). The molecule has 0 bridgehead atoms. The van der Waals surface area contributed by atoms with Gasteiger partial charge in [-0.05, 0) is 66.5 Å². The Kier molecular flexibility index (Phi) is 7.70. The summed E-state index contributed by atoms with van der Waals surface area (Å²) in [5, 5.41) is 0. The molecule has 1 heteroatoms. The summed E-state index contributed by atoms with van der Waals surface area (Å²) in [6, 6.07) is 17.1. The molecule has 0 aromatic heterocycles. The molecule has 0 N–H and O–H groups in total. The van der Waals surface area contributed by atoms with Crippen LogP contribution in [0.25, 0.3) is 0 Å². The molecule has 1 aliphatic carbocycles. The molecule has 1 saturated carbocycles. The van der Waals surface area contributed by atoms with Gasteiger partial charge in [-0.3, -0.25) is 4.79 Å². The second kappa shape index (κ2) is 10.2. The standard InChI is InChI=1S/C28H38O/c1-5-6-22-7-13-25(14-8-22)26-15-17-27(18-16-26)28(29)21(4)24-11-9-23(10-12-24)19-20(2)3/h9-12,15-18,20-22,25H,5-8,13-14,19H2,1-4H3/t21-,22?,25?/m0/s1. The van der Waals surface area contributed by atoms with Gasteiger partial charge in [0.15, 0.2) is 5.78 Å². The summed E-state index contributed by atoms with van der Waals surface area (Å²) in [6.07, 6.45) is 9.12. The van der Waals surface area contributed by atoms with Crippen molar-refractivity contribution in [2.24, 2.45) is 11.8 Å². The summed E-state index contributed by atoms with van der Waals surface area (Å²) in [4.78, 5) is 13.0. The lowest BCUT2D eigenvalue weighted by atomic mass is 9.77. The van der Waals surface area contributed by atoms with Crippen LogP contribution in [0.5, 0.6) is 0 Å². The number of Topliss-reactive ketones (excluding diaryl/α,β-unsaturated/α-hetero) is 1. The number of hydrogen-bond donors (Lipinski definition) is 0. The van der Waals surface area contributed by atoms with E-state index in [9.17, 15) is 4.79 Å². The summed E-state index contributed by atoms with van der Waals surface area (Å²) in [7, 11) is 0. The van der Waals surface area contributed by atoms with E-state index in [-0.39, 0.29) is 11.7 Å². The van der Waals surface area contributed by atoms with Crippen LogP contribution >= 0.6 is 0 Å². The molecule has 2 aromatic carbocycles. The van der Waals surface area contributed by atoms with Crippen LogP contribution in [-0.2, 0) is 6.42 Å². The van der Waals surface area contributed by atoms with Crippen molar-refractivity contribution in [3.8, 4) is 0 Å². The minimum Gasteiger partial charge on any atom is -0.294 e. The van der Waals surface area contributed by atoms with Gasteiger partial charge in [-0.25, -0.2) is 0 Å². The van der Waals surface area contributed by atoms with Crippen molar-refractivity contribution in [1.29, 1.82) is 0 Å². The molecule has 1 atom stereocenters. The molecule has 0 heterocycles. The maximum absolute atomic E-state index is 13.0. The third-order valence-electron chi connectivity index (χ3n) is 6.73. The summed E-state index contributed by atoms with van der Waals surface area (Å²) in [5.41, 5.74) is 4.72. The summed E-state index contributed by atoms with van der Waals surface area (Å²) >= 11 is 0. The van der Waals surface area contributed by atoms with Crippen molar-refractivity contribution >= 4 is 5.78 Å². The first-order chi connectivity index (χ1) is 14.0. The van der Waals surface area contributed by atoms with Gasteiger partial charge < -0.3 is 0 Å². The third kappa shape index (κ3) is 5.81. The second-order valence-corrected chi connectivity index (χ2v) is 9.55. The zero-order valence-electron chi connectivity index (χ0n) is 18.8. The Morgan fingerprint density at radius 3 is 2.07 bits per heavy atom. The highest BCUT2D eigenvalue weighted by atomic mass is 16.1. The molecule has 1 aliphatic rings. The van der Waals surface area contributed by atoms with E-state index in [1.807, 2.05) is 6.92 Å². The van der Waals surface area contributed by atoms with Crippen LogP contribution in [0.3, 0.4) is 0 Å².